The summed E-state index contributed by atoms with van der Waals surface area (Å²) in [5.41, 5.74) is 3.14. The predicted molar refractivity (Wildman–Crippen MR) is 98.5 cm³/mol. The maximum atomic E-state index is 13.2. The van der Waals surface area contributed by atoms with Gasteiger partial charge in [0.25, 0.3) is 0 Å². The number of amides is 1. The molecular weight excluding hydrogens is 361 g/mol. The van der Waals surface area contributed by atoms with Gasteiger partial charge in [-0.15, -0.1) is 0 Å². The van der Waals surface area contributed by atoms with E-state index < -0.39 is 0 Å². The Bertz CT molecular complexity index is 1010. The Balaban J connectivity index is 1.51. The fraction of sp³-hybridized carbons (Fsp3) is 0.273. The first-order valence-electron chi connectivity index (χ1n) is 9.29. The first kappa shape index (κ1) is 17.0. The quantitative estimate of drug-likeness (QED) is 0.867. The van der Waals surface area contributed by atoms with Crippen molar-refractivity contribution in [3.8, 4) is 11.5 Å². The van der Waals surface area contributed by atoms with E-state index in [9.17, 15) is 14.0 Å². The van der Waals surface area contributed by atoms with Crippen LogP contribution in [0, 0.1) is 5.82 Å². The molecule has 0 unspecified atom stereocenters. The number of fused-ring (bicyclic) bond motifs is 1. The molecule has 0 bridgehead atoms. The number of allylic oxidation sites excluding steroid dienone is 2. The van der Waals surface area contributed by atoms with Crippen molar-refractivity contribution in [2.75, 3.05) is 6.79 Å². The molecule has 1 amide bonds. The Hall–Kier alpha value is -3.15. The van der Waals surface area contributed by atoms with Gasteiger partial charge >= 0.3 is 0 Å². The summed E-state index contributed by atoms with van der Waals surface area (Å²) in [6.07, 6.45) is 1.13. The second-order valence-corrected chi connectivity index (χ2v) is 7.39. The van der Waals surface area contributed by atoms with Crippen LogP contribution in [0.5, 0.6) is 11.5 Å². The van der Waals surface area contributed by atoms with Gasteiger partial charge in [0.2, 0.25) is 12.7 Å². The molecule has 2 atom stereocenters. The van der Waals surface area contributed by atoms with E-state index in [4.69, 9.17) is 9.47 Å². The van der Waals surface area contributed by atoms with Crippen molar-refractivity contribution in [1.29, 1.82) is 0 Å². The second-order valence-electron chi connectivity index (χ2n) is 7.39. The monoisotopic (exact) mass is 379 g/mol. The van der Waals surface area contributed by atoms with Gasteiger partial charge in [0.15, 0.2) is 17.3 Å². The van der Waals surface area contributed by atoms with Crippen molar-refractivity contribution >= 4 is 11.7 Å². The van der Waals surface area contributed by atoms with Gasteiger partial charge in [0.1, 0.15) is 5.82 Å². The number of nitrogens with one attached hydrogen (secondary N) is 1. The van der Waals surface area contributed by atoms with Crippen molar-refractivity contribution in [1.82, 2.24) is 5.32 Å². The number of ether oxygens (including phenoxy) is 2. The Morgan fingerprint density at radius 1 is 0.893 bits per heavy atom. The summed E-state index contributed by atoms with van der Waals surface area (Å²) in [4.78, 5) is 25.4. The fourth-order valence-electron chi connectivity index (χ4n) is 4.35. The Kier molecular flexibility index (Phi) is 3.93. The molecule has 142 valence electrons. The summed E-state index contributed by atoms with van der Waals surface area (Å²) < 4.78 is 24.0. The smallest absolute Gasteiger partial charge is 0.231 e. The van der Waals surface area contributed by atoms with Gasteiger partial charge in [-0.1, -0.05) is 18.2 Å². The van der Waals surface area contributed by atoms with Crippen LogP contribution >= 0.6 is 0 Å². The highest BCUT2D eigenvalue weighted by Gasteiger charge is 2.38. The molecule has 1 N–H and O–H groups in total. The van der Waals surface area contributed by atoms with Gasteiger partial charge in [-0.3, -0.25) is 9.59 Å². The van der Waals surface area contributed by atoms with Gasteiger partial charge < -0.3 is 14.8 Å². The Morgan fingerprint density at radius 2 is 1.64 bits per heavy atom. The first-order valence-corrected chi connectivity index (χ1v) is 9.29. The van der Waals surface area contributed by atoms with Crippen LogP contribution < -0.4 is 14.8 Å². The van der Waals surface area contributed by atoms with Crippen LogP contribution in [-0.2, 0) is 9.59 Å². The zero-order valence-electron chi connectivity index (χ0n) is 15.0. The molecule has 6 heteroatoms. The number of Topliss-reactive ketones (excluding diaryl/α,β-unsaturated/α-hetero) is 1. The van der Waals surface area contributed by atoms with Crippen molar-refractivity contribution in [3.63, 3.8) is 0 Å². The molecule has 0 radical (unpaired) electrons. The van der Waals surface area contributed by atoms with Crippen LogP contribution in [0.4, 0.5) is 4.39 Å². The van der Waals surface area contributed by atoms with E-state index in [0.717, 1.165) is 11.1 Å². The number of benzene rings is 2. The number of carbonyl (C=O) groups is 2. The van der Waals surface area contributed by atoms with Crippen molar-refractivity contribution < 1.29 is 23.5 Å². The van der Waals surface area contributed by atoms with Crippen LogP contribution in [0.3, 0.4) is 0 Å². The maximum Gasteiger partial charge on any atom is 0.231 e. The Labute approximate surface area is 161 Å². The van der Waals surface area contributed by atoms with Crippen molar-refractivity contribution in [2.24, 2.45) is 0 Å². The summed E-state index contributed by atoms with van der Waals surface area (Å²) in [5.74, 6) is 0.567. The average molecular weight is 379 g/mol. The molecule has 0 aromatic heterocycles. The molecule has 0 fully saturated rings. The molecular formula is C22H18FNO4. The van der Waals surface area contributed by atoms with Gasteiger partial charge in [-0.2, -0.15) is 0 Å². The topological polar surface area (TPSA) is 64.6 Å². The standard InChI is InChI=1S/C22H18FNO4/c23-15-4-1-12(2-5-15)14-7-17-22(18(25)8-14)16(10-21(26)24-17)13-3-6-19-20(9-13)28-11-27-19/h1-6,9,14,16H,7-8,10-11H2,(H,24,26)/t14-,16+/m1/s1. The molecule has 0 saturated heterocycles. The third-order valence-corrected chi connectivity index (χ3v) is 5.68. The van der Waals surface area contributed by atoms with Crippen molar-refractivity contribution in [3.05, 3.63) is 70.7 Å². The highest BCUT2D eigenvalue weighted by molar-refractivity contribution is 6.02. The lowest BCUT2D eigenvalue weighted by Crippen LogP contribution is -2.38. The van der Waals surface area contributed by atoms with Gasteiger partial charge in [-0.05, 0) is 47.7 Å². The number of carbonyl (C=O) groups excluding carboxylic acids is 2. The van der Waals surface area contributed by atoms with E-state index in [1.807, 2.05) is 18.2 Å². The van der Waals surface area contributed by atoms with Crippen LogP contribution in [-0.4, -0.2) is 18.5 Å². The minimum Gasteiger partial charge on any atom is -0.454 e. The van der Waals surface area contributed by atoms with E-state index in [2.05, 4.69) is 5.32 Å². The lowest BCUT2D eigenvalue weighted by molar-refractivity contribution is -0.122. The molecule has 2 aromatic carbocycles. The van der Waals surface area contributed by atoms with Gasteiger partial charge in [0.05, 0.1) is 0 Å². The first-order chi connectivity index (χ1) is 13.6. The third kappa shape index (κ3) is 2.85. The SMILES string of the molecule is O=C1C[C@@H](c2ccc3c(c2)OCO3)C2=C(C[C@@H](c3ccc(F)cc3)CC2=O)N1. The summed E-state index contributed by atoms with van der Waals surface area (Å²) in [5, 5.41) is 2.90. The summed E-state index contributed by atoms with van der Waals surface area (Å²) in [6, 6.07) is 11.8. The zero-order valence-corrected chi connectivity index (χ0v) is 15.0. The lowest BCUT2D eigenvalue weighted by atomic mass is 9.73. The van der Waals surface area contributed by atoms with E-state index in [-0.39, 0.29) is 42.6 Å². The lowest BCUT2D eigenvalue weighted by Gasteiger charge is -2.34. The minimum atomic E-state index is -0.306. The molecule has 0 spiro atoms. The van der Waals surface area contributed by atoms with Crippen LogP contribution in [0.15, 0.2) is 53.7 Å². The molecule has 2 aromatic rings. The van der Waals surface area contributed by atoms with Crippen LogP contribution in [0.2, 0.25) is 0 Å². The normalized spacial score (nSPS) is 23.5. The number of halogens is 1. The predicted octanol–water partition coefficient (Wildman–Crippen LogP) is 3.56. The number of hydrogen-bond acceptors (Lipinski definition) is 4. The van der Waals surface area contributed by atoms with Crippen LogP contribution in [0.1, 0.15) is 42.2 Å². The molecule has 5 rings (SSSR count). The third-order valence-electron chi connectivity index (χ3n) is 5.68. The molecule has 2 heterocycles. The molecule has 28 heavy (non-hydrogen) atoms. The zero-order chi connectivity index (χ0) is 19.3. The van der Waals surface area contributed by atoms with Crippen LogP contribution in [0.25, 0.3) is 0 Å². The summed E-state index contributed by atoms with van der Waals surface area (Å²) in [6.45, 7) is 0.177. The van der Waals surface area contributed by atoms with Gasteiger partial charge in [0, 0.05) is 30.0 Å². The highest BCUT2D eigenvalue weighted by Crippen LogP contribution is 2.44. The second kappa shape index (κ2) is 6.48. The van der Waals surface area contributed by atoms with Crippen molar-refractivity contribution in [2.45, 2.75) is 31.1 Å². The van der Waals surface area contributed by atoms with E-state index in [0.29, 0.717) is 35.6 Å². The fourth-order valence-corrected chi connectivity index (χ4v) is 4.35. The molecule has 3 aliphatic rings. The number of ketones is 1. The average Bonchev–Trinajstić information content (AvgIpc) is 3.15. The number of hydrogen-bond donors (Lipinski definition) is 1. The maximum absolute atomic E-state index is 13.2. The largest absolute Gasteiger partial charge is 0.454 e. The summed E-state index contributed by atoms with van der Waals surface area (Å²) in [7, 11) is 0. The molecule has 0 saturated carbocycles. The number of rotatable bonds is 2. The highest BCUT2D eigenvalue weighted by atomic mass is 19.1. The van der Waals surface area contributed by atoms with E-state index in [1.54, 1.807) is 12.1 Å². The summed E-state index contributed by atoms with van der Waals surface area (Å²) >= 11 is 0. The Morgan fingerprint density at radius 3 is 2.46 bits per heavy atom. The minimum absolute atomic E-state index is 0.0261. The van der Waals surface area contributed by atoms with E-state index >= 15 is 0 Å². The molecule has 5 nitrogen and oxygen atoms in total. The van der Waals surface area contributed by atoms with Gasteiger partial charge in [-0.25, -0.2) is 4.39 Å². The molecule has 2 aliphatic heterocycles. The van der Waals surface area contributed by atoms with E-state index in [1.165, 1.54) is 12.1 Å². The molecule has 1 aliphatic carbocycles.